The molecule has 0 amide bonds. The standard InChI is InChI=1S/C15H16N4OS/c1-3-20-15-12(9-16)13(17)8-14(19-15)18-10-4-6-11(21-2)7-5-10/h4-8H,3H2,1-2H3,(H3,17,18,19). The Morgan fingerprint density at radius 1 is 1.38 bits per heavy atom. The van der Waals surface area contributed by atoms with Gasteiger partial charge in [-0.15, -0.1) is 11.8 Å². The van der Waals surface area contributed by atoms with Gasteiger partial charge in [-0.05, 0) is 37.4 Å². The van der Waals surface area contributed by atoms with Gasteiger partial charge in [-0.3, -0.25) is 0 Å². The van der Waals surface area contributed by atoms with Crippen molar-refractivity contribution >= 4 is 29.0 Å². The molecule has 6 heteroatoms. The molecule has 0 unspecified atom stereocenters. The molecule has 0 bridgehead atoms. The molecule has 108 valence electrons. The first kappa shape index (κ1) is 15.0. The van der Waals surface area contributed by atoms with Gasteiger partial charge in [0.2, 0.25) is 5.88 Å². The molecule has 0 atom stereocenters. The minimum atomic E-state index is 0.253. The second kappa shape index (κ2) is 6.86. The zero-order chi connectivity index (χ0) is 15.2. The molecule has 1 heterocycles. The highest BCUT2D eigenvalue weighted by molar-refractivity contribution is 7.98. The van der Waals surface area contributed by atoms with Crippen LogP contribution in [0, 0.1) is 11.3 Å². The number of thioether (sulfide) groups is 1. The van der Waals surface area contributed by atoms with E-state index < -0.39 is 0 Å². The number of anilines is 3. The Labute approximate surface area is 128 Å². The van der Waals surface area contributed by atoms with Gasteiger partial charge in [0.15, 0.2) is 0 Å². The zero-order valence-corrected chi connectivity index (χ0v) is 12.7. The molecule has 0 saturated heterocycles. The lowest BCUT2D eigenvalue weighted by molar-refractivity contribution is 0.326. The molecule has 0 aliphatic heterocycles. The van der Waals surface area contributed by atoms with E-state index >= 15 is 0 Å². The number of hydrogen-bond acceptors (Lipinski definition) is 6. The van der Waals surface area contributed by atoms with Crippen LogP contribution in [0.15, 0.2) is 35.2 Å². The summed E-state index contributed by atoms with van der Waals surface area (Å²) < 4.78 is 5.37. The smallest absolute Gasteiger partial charge is 0.235 e. The molecule has 0 aliphatic carbocycles. The number of nitrogens with zero attached hydrogens (tertiary/aromatic N) is 2. The van der Waals surface area contributed by atoms with Gasteiger partial charge < -0.3 is 15.8 Å². The van der Waals surface area contributed by atoms with Gasteiger partial charge in [-0.2, -0.15) is 10.2 Å². The summed E-state index contributed by atoms with van der Waals surface area (Å²) in [4.78, 5) is 5.47. The van der Waals surface area contributed by atoms with Crippen molar-refractivity contribution in [3.8, 4) is 11.9 Å². The maximum Gasteiger partial charge on any atom is 0.235 e. The van der Waals surface area contributed by atoms with Crippen LogP contribution in [0.2, 0.25) is 0 Å². The fourth-order valence-electron chi connectivity index (χ4n) is 1.78. The van der Waals surface area contributed by atoms with Crippen molar-refractivity contribution in [1.29, 1.82) is 5.26 Å². The van der Waals surface area contributed by atoms with E-state index in [2.05, 4.69) is 10.3 Å². The van der Waals surface area contributed by atoms with Crippen molar-refractivity contribution in [3.05, 3.63) is 35.9 Å². The summed E-state index contributed by atoms with van der Waals surface area (Å²) in [5, 5.41) is 12.2. The van der Waals surface area contributed by atoms with Crippen molar-refractivity contribution in [2.75, 3.05) is 23.9 Å². The van der Waals surface area contributed by atoms with Gasteiger partial charge in [-0.25, -0.2) is 0 Å². The molecule has 5 nitrogen and oxygen atoms in total. The number of nitrogens with two attached hydrogens (primary N) is 1. The minimum Gasteiger partial charge on any atom is -0.477 e. The maximum atomic E-state index is 9.09. The van der Waals surface area contributed by atoms with Crippen molar-refractivity contribution in [2.24, 2.45) is 0 Å². The van der Waals surface area contributed by atoms with Crippen molar-refractivity contribution < 1.29 is 4.74 Å². The first-order valence-electron chi connectivity index (χ1n) is 6.42. The van der Waals surface area contributed by atoms with Crippen molar-refractivity contribution in [3.63, 3.8) is 0 Å². The lowest BCUT2D eigenvalue weighted by atomic mass is 10.2. The van der Waals surface area contributed by atoms with Crippen molar-refractivity contribution in [2.45, 2.75) is 11.8 Å². The number of aromatic nitrogens is 1. The summed E-state index contributed by atoms with van der Waals surface area (Å²) in [6, 6.07) is 11.6. The molecule has 0 radical (unpaired) electrons. The molecular formula is C15H16N4OS. The Hall–Kier alpha value is -2.39. The molecule has 0 saturated carbocycles. The van der Waals surface area contributed by atoms with Gasteiger partial charge in [-0.1, -0.05) is 0 Å². The van der Waals surface area contributed by atoms with E-state index in [1.807, 2.05) is 43.5 Å². The third-order valence-electron chi connectivity index (χ3n) is 2.77. The number of nitrogens with one attached hydrogen (secondary N) is 1. The SMILES string of the molecule is CCOc1nc(Nc2ccc(SC)cc2)cc(N)c1C#N. The number of benzene rings is 1. The van der Waals surface area contributed by atoms with Crippen LogP contribution in [0.3, 0.4) is 0 Å². The highest BCUT2D eigenvalue weighted by atomic mass is 32.2. The van der Waals surface area contributed by atoms with Gasteiger partial charge in [0, 0.05) is 16.6 Å². The number of hydrogen-bond donors (Lipinski definition) is 2. The Kier molecular flexibility index (Phi) is 4.90. The van der Waals surface area contributed by atoms with Crippen LogP contribution in [-0.2, 0) is 0 Å². The predicted octanol–water partition coefficient (Wildman–Crippen LogP) is 3.40. The molecule has 2 aromatic rings. The van der Waals surface area contributed by atoms with Crippen LogP contribution in [0.5, 0.6) is 5.88 Å². The lowest BCUT2D eigenvalue weighted by Crippen LogP contribution is -2.04. The Morgan fingerprint density at radius 3 is 2.67 bits per heavy atom. The molecule has 0 spiro atoms. The van der Waals surface area contributed by atoms with Crippen LogP contribution in [0.1, 0.15) is 12.5 Å². The summed E-state index contributed by atoms with van der Waals surface area (Å²) in [5.41, 5.74) is 7.38. The van der Waals surface area contributed by atoms with E-state index in [0.717, 1.165) is 5.69 Å². The molecule has 0 aliphatic rings. The highest BCUT2D eigenvalue weighted by Gasteiger charge is 2.11. The fraction of sp³-hybridized carbons (Fsp3) is 0.200. The second-order valence-corrected chi connectivity index (χ2v) is 5.05. The van der Waals surface area contributed by atoms with Gasteiger partial charge in [0.25, 0.3) is 0 Å². The molecule has 2 rings (SSSR count). The molecule has 1 aromatic carbocycles. The van der Waals surface area contributed by atoms with E-state index in [0.29, 0.717) is 18.1 Å². The summed E-state index contributed by atoms with van der Waals surface area (Å²) >= 11 is 1.68. The number of pyridine rings is 1. The van der Waals surface area contributed by atoms with Crippen LogP contribution in [0.4, 0.5) is 17.2 Å². The quantitative estimate of drug-likeness (QED) is 0.823. The first-order valence-corrected chi connectivity index (χ1v) is 7.65. The summed E-state index contributed by atoms with van der Waals surface area (Å²) in [7, 11) is 0. The van der Waals surface area contributed by atoms with Crippen molar-refractivity contribution in [1.82, 2.24) is 4.98 Å². The summed E-state index contributed by atoms with van der Waals surface area (Å²) in [6.45, 7) is 2.26. The van der Waals surface area contributed by atoms with E-state index in [-0.39, 0.29) is 11.4 Å². The molecule has 0 fully saturated rings. The number of nitrogen functional groups attached to an aromatic ring is 1. The average molecular weight is 300 g/mol. The third kappa shape index (κ3) is 3.58. The van der Waals surface area contributed by atoms with Gasteiger partial charge >= 0.3 is 0 Å². The molecule has 3 N–H and O–H groups in total. The van der Waals surface area contributed by atoms with E-state index in [1.165, 1.54) is 4.90 Å². The molecular weight excluding hydrogens is 284 g/mol. The van der Waals surface area contributed by atoms with Gasteiger partial charge in [0.1, 0.15) is 17.5 Å². The van der Waals surface area contributed by atoms with E-state index in [9.17, 15) is 0 Å². The Balaban J connectivity index is 2.29. The summed E-state index contributed by atoms with van der Waals surface area (Å²) in [5.74, 6) is 0.801. The largest absolute Gasteiger partial charge is 0.477 e. The Morgan fingerprint density at radius 2 is 2.10 bits per heavy atom. The maximum absolute atomic E-state index is 9.09. The number of rotatable bonds is 5. The number of ether oxygens (including phenoxy) is 1. The highest BCUT2D eigenvalue weighted by Crippen LogP contribution is 2.27. The zero-order valence-electron chi connectivity index (χ0n) is 11.9. The van der Waals surface area contributed by atoms with Gasteiger partial charge in [0.05, 0.1) is 12.3 Å². The lowest BCUT2D eigenvalue weighted by Gasteiger charge is -2.11. The van der Waals surface area contributed by atoms with Crippen LogP contribution in [0.25, 0.3) is 0 Å². The van der Waals surface area contributed by atoms with E-state index in [4.69, 9.17) is 15.7 Å². The van der Waals surface area contributed by atoms with Crippen LogP contribution >= 0.6 is 11.8 Å². The average Bonchev–Trinajstić information content (AvgIpc) is 2.48. The molecule has 21 heavy (non-hydrogen) atoms. The first-order chi connectivity index (χ1) is 10.2. The Bertz CT molecular complexity index is 665. The normalized spacial score (nSPS) is 9.95. The fourth-order valence-corrected chi connectivity index (χ4v) is 2.19. The predicted molar refractivity (Wildman–Crippen MR) is 86.0 cm³/mol. The molecule has 1 aromatic heterocycles. The monoisotopic (exact) mass is 300 g/mol. The third-order valence-corrected chi connectivity index (χ3v) is 3.52. The second-order valence-electron chi connectivity index (χ2n) is 4.18. The van der Waals surface area contributed by atoms with Crippen LogP contribution < -0.4 is 15.8 Å². The minimum absolute atomic E-state index is 0.253. The van der Waals surface area contributed by atoms with E-state index in [1.54, 1.807) is 17.8 Å². The van der Waals surface area contributed by atoms with Crippen LogP contribution in [-0.4, -0.2) is 17.8 Å². The summed E-state index contributed by atoms with van der Waals surface area (Å²) in [6.07, 6.45) is 2.03. The number of nitriles is 1. The topological polar surface area (TPSA) is 84.0 Å².